The Morgan fingerprint density at radius 2 is 0.556 bits per heavy atom. The van der Waals surface area contributed by atoms with E-state index in [2.05, 4.69) is 0 Å². The monoisotopic (exact) mass is 880 g/mol. The smallest absolute Gasteiger partial charge is 0.336 e. The minimum Gasteiger partial charge on any atom is -0.478 e. The first-order valence-corrected chi connectivity index (χ1v) is 21.7. The Morgan fingerprint density at radius 1 is 0.370 bits per heavy atom. The van der Waals surface area contributed by atoms with E-state index >= 15 is 0 Å². The molecule has 6 aromatic rings. The maximum absolute atomic E-state index is 14.1. The van der Waals surface area contributed by atoms with Crippen molar-refractivity contribution in [2.75, 3.05) is 0 Å². The van der Waals surface area contributed by atoms with Crippen LogP contribution in [0.2, 0.25) is 0 Å². The van der Waals surface area contributed by atoms with E-state index in [0.29, 0.717) is 31.8 Å². The van der Waals surface area contributed by atoms with Crippen molar-refractivity contribution in [3.05, 3.63) is 181 Å². The van der Waals surface area contributed by atoms with Gasteiger partial charge < -0.3 is 19.3 Å². The zero-order valence-electron chi connectivity index (χ0n) is 28.0. The molecule has 6 nitrogen and oxygen atoms in total. The molecule has 0 atom stereocenters. The van der Waals surface area contributed by atoms with Gasteiger partial charge in [-0.1, -0.05) is 215 Å². The predicted molar refractivity (Wildman–Crippen MR) is 228 cm³/mol. The van der Waals surface area contributed by atoms with Crippen molar-refractivity contribution < 1.29 is 28.9 Å². The fourth-order valence-electron chi connectivity index (χ4n) is 5.26. The van der Waals surface area contributed by atoms with Gasteiger partial charge >= 0.3 is 11.9 Å². The normalized spacial score (nSPS) is 10.8. The van der Waals surface area contributed by atoms with Crippen LogP contribution in [0.3, 0.4) is 0 Å². The van der Waals surface area contributed by atoms with Crippen LogP contribution in [0.5, 0.6) is 0 Å². The van der Waals surface area contributed by atoms with E-state index in [-0.39, 0.29) is 11.1 Å². The van der Waals surface area contributed by atoms with Crippen molar-refractivity contribution >= 4 is 128 Å². The third-order valence-corrected chi connectivity index (χ3v) is 13.7. The largest absolute Gasteiger partial charge is 0.478 e. The number of rotatable bonds is 8. The molecular weight excluding hydrogens is 851 g/mol. The molecule has 280 valence electrons. The first-order chi connectivity index (χ1) is 25.7. The molecule has 2 N–H and O–H groups in total. The van der Waals surface area contributed by atoms with E-state index in [9.17, 15) is 28.9 Å². The van der Waals surface area contributed by atoms with Crippen LogP contribution in [-0.4, -0.2) is 30.7 Å². The summed E-state index contributed by atoms with van der Waals surface area (Å²) in [6, 6.07) is 49.2. The van der Waals surface area contributed by atoms with Gasteiger partial charge in [0.2, 0.25) is 0 Å². The Labute approximate surface area is 344 Å². The molecule has 0 amide bonds. The number of carbonyl (C=O) groups is 2. The van der Waals surface area contributed by atoms with Crippen LogP contribution in [0.4, 0.5) is 0 Å². The third-order valence-electron chi connectivity index (χ3n) is 7.43. The number of hydrogen-bond acceptors (Lipinski definition) is 4. The number of halogens is 6. The van der Waals surface area contributed by atoms with Crippen molar-refractivity contribution in [3.8, 4) is 0 Å². The van der Waals surface area contributed by atoms with Crippen LogP contribution in [0, 0.1) is 0 Å². The molecule has 0 saturated heterocycles. The number of aromatic carboxylic acids is 2. The van der Waals surface area contributed by atoms with Gasteiger partial charge in [0.05, 0.1) is 11.1 Å². The summed E-state index contributed by atoms with van der Waals surface area (Å²) in [5.74, 6) is -2.15. The number of alkyl halides is 6. The molecule has 0 spiro atoms. The van der Waals surface area contributed by atoms with Gasteiger partial charge in [0.1, 0.15) is 0 Å². The summed E-state index contributed by atoms with van der Waals surface area (Å²) in [6.45, 7) is 0. The zero-order chi connectivity index (χ0) is 39.7. The zero-order valence-corrected chi connectivity index (χ0v) is 34.3. The lowest BCUT2D eigenvalue weighted by Crippen LogP contribution is -2.28. The predicted octanol–water partition coefficient (Wildman–Crippen LogP) is 10.0. The molecule has 0 bridgehead atoms. The molecule has 0 aliphatic rings. The standard InChI is InChI=1S/2C19H15O3P.2CHCl3/c2*20-19(21)17-13-7-8-14-18(17)23(22,15-9-3-1-4-10-15)16-11-5-2-6-12-16;2*2-1(3)4/h2*1-14H,(H,20,21);2*1H. The van der Waals surface area contributed by atoms with E-state index < -0.39 is 34.8 Å². The van der Waals surface area contributed by atoms with Crippen LogP contribution in [0.15, 0.2) is 170 Å². The summed E-state index contributed by atoms with van der Waals surface area (Å²) in [5.41, 5.74) is 0.145. The molecule has 14 heteroatoms. The second kappa shape index (κ2) is 22.1. The number of hydrogen-bond donors (Lipinski definition) is 2. The van der Waals surface area contributed by atoms with Gasteiger partial charge in [0.25, 0.3) is 0 Å². The van der Waals surface area contributed by atoms with Crippen LogP contribution in [-0.2, 0) is 9.13 Å². The average Bonchev–Trinajstić information content (AvgIpc) is 3.18. The Hall–Kier alpha value is -3.54. The van der Waals surface area contributed by atoms with Gasteiger partial charge in [-0.25, -0.2) is 9.59 Å². The second-order valence-corrected chi connectivity index (χ2v) is 20.1. The van der Waals surface area contributed by atoms with Crippen LogP contribution in [0.25, 0.3) is 0 Å². The summed E-state index contributed by atoms with van der Waals surface area (Å²) in [7, 11) is -6.50. The molecule has 6 aromatic carbocycles. The Balaban J connectivity index is 0.000000243. The lowest BCUT2D eigenvalue weighted by Gasteiger charge is -2.21. The van der Waals surface area contributed by atoms with Crippen molar-refractivity contribution in [1.29, 1.82) is 0 Å². The van der Waals surface area contributed by atoms with Gasteiger partial charge in [-0.05, 0) is 24.3 Å². The average molecular weight is 883 g/mol. The molecule has 0 radical (unpaired) electrons. The van der Waals surface area contributed by atoms with E-state index in [0.717, 1.165) is 0 Å². The summed E-state index contributed by atoms with van der Waals surface area (Å²) in [5, 5.41) is 22.2. The fraction of sp³-hybridized carbons (Fsp3) is 0.0500. The quantitative estimate of drug-likeness (QED) is 0.116. The maximum Gasteiger partial charge on any atom is 0.336 e. The first kappa shape index (κ1) is 44.9. The van der Waals surface area contributed by atoms with Gasteiger partial charge in [-0.3, -0.25) is 0 Å². The highest BCUT2D eigenvalue weighted by molar-refractivity contribution is 7.86. The van der Waals surface area contributed by atoms with Crippen molar-refractivity contribution in [1.82, 2.24) is 0 Å². The molecule has 54 heavy (non-hydrogen) atoms. The van der Waals surface area contributed by atoms with E-state index in [1.807, 2.05) is 72.8 Å². The summed E-state index contributed by atoms with van der Waals surface area (Å²) in [6.07, 6.45) is 0. The maximum atomic E-state index is 14.1. The molecule has 0 fully saturated rings. The molecule has 0 unspecified atom stereocenters. The van der Waals surface area contributed by atoms with Gasteiger partial charge in [0, 0.05) is 31.8 Å². The van der Waals surface area contributed by atoms with Crippen LogP contribution < -0.4 is 31.8 Å². The molecule has 0 saturated carbocycles. The van der Waals surface area contributed by atoms with Gasteiger partial charge in [-0.2, -0.15) is 0 Å². The summed E-state index contributed by atoms with van der Waals surface area (Å²) >= 11 is 28.8. The number of benzene rings is 6. The SMILES string of the molecule is ClC(Cl)Cl.ClC(Cl)Cl.O=C(O)c1ccccc1P(=O)(c1ccccc1)c1ccccc1.O=C(O)c1ccccc1P(=O)(c1ccccc1)c1ccccc1. The van der Waals surface area contributed by atoms with E-state index in [1.54, 1.807) is 84.9 Å². The van der Waals surface area contributed by atoms with Crippen molar-refractivity contribution in [3.63, 3.8) is 0 Å². The van der Waals surface area contributed by atoms with Crippen molar-refractivity contribution in [2.45, 2.75) is 8.59 Å². The Bertz CT molecular complexity index is 1930. The van der Waals surface area contributed by atoms with Crippen molar-refractivity contribution in [2.24, 2.45) is 0 Å². The molecule has 0 aliphatic carbocycles. The summed E-state index contributed by atoms with van der Waals surface area (Å²) in [4.78, 5) is 23.2. The highest BCUT2D eigenvalue weighted by atomic mass is 35.6. The summed E-state index contributed by atoms with van der Waals surface area (Å²) < 4.78 is 26.7. The molecule has 6 rings (SSSR count). The fourth-order valence-corrected chi connectivity index (χ4v) is 11.0. The molecule has 0 heterocycles. The van der Waals surface area contributed by atoms with Gasteiger partial charge in [-0.15, -0.1) is 0 Å². The molecule has 0 aliphatic heterocycles. The minimum absolute atomic E-state index is 0.0727. The molecule has 0 aromatic heterocycles. The molecular formula is C40H32Cl6O6P2. The topological polar surface area (TPSA) is 109 Å². The Kier molecular flexibility index (Phi) is 18.4. The highest BCUT2D eigenvalue weighted by Gasteiger charge is 2.34. The first-order valence-electron chi connectivity index (χ1n) is 15.7. The Morgan fingerprint density at radius 3 is 0.759 bits per heavy atom. The second-order valence-electron chi connectivity index (χ2n) is 10.7. The van der Waals surface area contributed by atoms with Crippen LogP contribution in [0.1, 0.15) is 20.7 Å². The lowest BCUT2D eigenvalue weighted by molar-refractivity contribution is 0.0687. The highest BCUT2D eigenvalue weighted by Crippen LogP contribution is 2.44. The minimum atomic E-state index is -3.25. The number of carboxylic acids is 2. The van der Waals surface area contributed by atoms with E-state index in [1.165, 1.54) is 12.1 Å². The number of carboxylic acid groups (broad SMARTS) is 2. The third kappa shape index (κ3) is 12.2. The van der Waals surface area contributed by atoms with Gasteiger partial charge in [0.15, 0.2) is 22.9 Å². The van der Waals surface area contributed by atoms with Crippen LogP contribution >= 0.6 is 83.9 Å². The lowest BCUT2D eigenvalue weighted by atomic mass is 10.2. The van der Waals surface area contributed by atoms with E-state index in [4.69, 9.17) is 69.6 Å².